The molecule has 0 saturated heterocycles. The maximum Gasteiger partial charge on any atom is 0.144 e. The Hall–Kier alpha value is -1.17. The number of alkyl halides is 1. The average molecular weight is 344 g/mol. The van der Waals surface area contributed by atoms with Crippen molar-refractivity contribution in [2.24, 2.45) is 0 Å². The summed E-state index contributed by atoms with van der Waals surface area (Å²) >= 11 is 13.7. The normalized spacial score (nSPS) is 13.0. The molecule has 0 N–H and O–H groups in total. The van der Waals surface area contributed by atoms with Gasteiger partial charge < -0.3 is 4.57 Å². The molecule has 7 heteroatoms. The van der Waals surface area contributed by atoms with Gasteiger partial charge in [0.25, 0.3) is 0 Å². The van der Waals surface area contributed by atoms with Crippen LogP contribution in [0, 0.1) is 12.7 Å². The quantitative estimate of drug-likeness (QED) is 0.630. The van der Waals surface area contributed by atoms with Gasteiger partial charge in [0.05, 0.1) is 28.0 Å². The molecule has 21 heavy (non-hydrogen) atoms. The monoisotopic (exact) mass is 343 g/mol. The zero-order chi connectivity index (χ0) is 15.1. The van der Waals surface area contributed by atoms with Gasteiger partial charge in [-0.2, -0.15) is 0 Å². The molecule has 0 aliphatic heterocycles. The molecular weight excluding hydrogens is 332 g/mol. The summed E-state index contributed by atoms with van der Waals surface area (Å²) < 4.78 is 15.5. The Labute approximate surface area is 135 Å². The highest BCUT2D eigenvalue weighted by Crippen LogP contribution is 2.29. The Kier molecular flexibility index (Phi) is 3.90. The fraction of sp³-hybridized carbons (Fsp3) is 0.286. The number of thiazole rings is 1. The molecule has 1 aromatic carbocycles. The minimum Gasteiger partial charge on any atom is -0.320 e. The largest absolute Gasteiger partial charge is 0.320 e. The molecule has 2 heterocycles. The fourth-order valence-corrected chi connectivity index (χ4v) is 3.30. The van der Waals surface area contributed by atoms with Crippen molar-refractivity contribution in [3.63, 3.8) is 0 Å². The first kappa shape index (κ1) is 14.8. The highest BCUT2D eigenvalue weighted by atomic mass is 35.5. The van der Waals surface area contributed by atoms with Gasteiger partial charge in [-0.1, -0.05) is 11.6 Å². The molecule has 2 aromatic heterocycles. The predicted octanol–water partition coefficient (Wildman–Crippen LogP) is 4.94. The van der Waals surface area contributed by atoms with Crippen molar-refractivity contribution in [2.75, 3.05) is 0 Å². The molecule has 0 saturated carbocycles. The van der Waals surface area contributed by atoms with Crippen LogP contribution in [0.15, 0.2) is 17.5 Å². The molecule has 1 unspecified atom stereocenters. The summed E-state index contributed by atoms with van der Waals surface area (Å²) in [6.45, 7) is 4.33. The van der Waals surface area contributed by atoms with Gasteiger partial charge in [0.15, 0.2) is 0 Å². The Morgan fingerprint density at radius 2 is 2.14 bits per heavy atom. The van der Waals surface area contributed by atoms with E-state index in [0.29, 0.717) is 17.9 Å². The van der Waals surface area contributed by atoms with Crippen molar-refractivity contribution in [1.29, 1.82) is 0 Å². The van der Waals surface area contributed by atoms with Gasteiger partial charge in [0.2, 0.25) is 0 Å². The number of nitrogens with zero attached hydrogens (tertiary/aromatic N) is 3. The van der Waals surface area contributed by atoms with E-state index in [0.717, 1.165) is 16.2 Å². The maximum absolute atomic E-state index is 13.6. The van der Waals surface area contributed by atoms with Crippen molar-refractivity contribution >= 4 is 45.6 Å². The lowest BCUT2D eigenvalue weighted by Gasteiger charge is -2.09. The average Bonchev–Trinajstić information content (AvgIpc) is 2.96. The van der Waals surface area contributed by atoms with Crippen molar-refractivity contribution < 1.29 is 4.39 Å². The molecule has 0 spiro atoms. The zero-order valence-corrected chi connectivity index (χ0v) is 13.7. The number of halogens is 3. The molecule has 0 bridgehead atoms. The van der Waals surface area contributed by atoms with Crippen LogP contribution in [0.25, 0.3) is 11.0 Å². The SMILES string of the molecule is Cc1csc(Cn2c(C(C)Cl)nc3cc(F)c(Cl)cc32)n1. The van der Waals surface area contributed by atoms with Crippen LogP contribution < -0.4 is 0 Å². The first-order valence-corrected chi connectivity index (χ1v) is 8.05. The van der Waals surface area contributed by atoms with Gasteiger partial charge in [-0.3, -0.25) is 0 Å². The Morgan fingerprint density at radius 1 is 1.38 bits per heavy atom. The molecule has 0 radical (unpaired) electrons. The first-order valence-electron chi connectivity index (χ1n) is 6.36. The lowest BCUT2D eigenvalue weighted by molar-refractivity contribution is 0.629. The van der Waals surface area contributed by atoms with Gasteiger partial charge in [-0.25, -0.2) is 14.4 Å². The molecule has 0 fully saturated rings. The molecule has 0 aliphatic rings. The minimum atomic E-state index is -0.479. The van der Waals surface area contributed by atoms with Gasteiger partial charge in [-0.05, 0) is 19.9 Å². The fourth-order valence-electron chi connectivity index (χ4n) is 2.22. The number of hydrogen-bond donors (Lipinski definition) is 0. The van der Waals surface area contributed by atoms with Crippen LogP contribution in [0.4, 0.5) is 4.39 Å². The number of rotatable bonds is 3. The molecule has 0 aliphatic carbocycles. The summed E-state index contributed by atoms with van der Waals surface area (Å²) in [6.07, 6.45) is 0. The first-order chi connectivity index (χ1) is 9.95. The van der Waals surface area contributed by atoms with Crippen LogP contribution in [-0.4, -0.2) is 14.5 Å². The van der Waals surface area contributed by atoms with E-state index in [9.17, 15) is 4.39 Å². The maximum atomic E-state index is 13.6. The van der Waals surface area contributed by atoms with Gasteiger partial charge in [0, 0.05) is 17.1 Å². The molecule has 1 atom stereocenters. The van der Waals surface area contributed by atoms with E-state index in [-0.39, 0.29) is 10.4 Å². The third kappa shape index (κ3) is 2.78. The van der Waals surface area contributed by atoms with Crippen LogP contribution in [-0.2, 0) is 6.54 Å². The summed E-state index contributed by atoms with van der Waals surface area (Å²) in [4.78, 5) is 8.88. The van der Waals surface area contributed by atoms with Crippen LogP contribution in [0.1, 0.15) is 28.8 Å². The Morgan fingerprint density at radius 3 is 2.76 bits per heavy atom. The molecule has 110 valence electrons. The standard InChI is InChI=1S/C14H12Cl2FN3S/c1-7-6-21-13(18-7)5-20-12-3-9(16)10(17)4-11(12)19-14(20)8(2)15/h3-4,6,8H,5H2,1-2H3. The van der Waals surface area contributed by atoms with Crippen molar-refractivity contribution in [1.82, 2.24) is 14.5 Å². The van der Waals surface area contributed by atoms with Crippen molar-refractivity contribution in [2.45, 2.75) is 25.8 Å². The highest BCUT2D eigenvalue weighted by molar-refractivity contribution is 7.09. The third-order valence-electron chi connectivity index (χ3n) is 3.14. The van der Waals surface area contributed by atoms with Crippen LogP contribution in [0.5, 0.6) is 0 Å². The highest BCUT2D eigenvalue weighted by Gasteiger charge is 2.18. The molecule has 3 aromatic rings. The second-order valence-corrected chi connectivity index (χ2v) is 6.81. The molecule has 0 amide bonds. The smallest absolute Gasteiger partial charge is 0.144 e. The minimum absolute atomic E-state index is 0.0766. The van der Waals surface area contributed by atoms with Crippen molar-refractivity contribution in [3.8, 4) is 0 Å². The second kappa shape index (κ2) is 5.55. The van der Waals surface area contributed by atoms with E-state index in [4.69, 9.17) is 23.2 Å². The second-order valence-electron chi connectivity index (χ2n) is 4.81. The Bertz CT molecular complexity index is 810. The van der Waals surface area contributed by atoms with E-state index in [1.807, 2.05) is 23.8 Å². The van der Waals surface area contributed by atoms with Gasteiger partial charge >= 0.3 is 0 Å². The lowest BCUT2D eigenvalue weighted by Crippen LogP contribution is -2.05. The summed E-state index contributed by atoms with van der Waals surface area (Å²) in [5.74, 6) is 0.203. The van der Waals surface area contributed by atoms with E-state index in [1.165, 1.54) is 6.07 Å². The topological polar surface area (TPSA) is 30.7 Å². The van der Waals surface area contributed by atoms with Gasteiger partial charge in [0.1, 0.15) is 16.6 Å². The van der Waals surface area contributed by atoms with E-state index < -0.39 is 5.82 Å². The van der Waals surface area contributed by atoms with Gasteiger partial charge in [-0.15, -0.1) is 22.9 Å². The lowest BCUT2D eigenvalue weighted by atomic mass is 10.3. The number of fused-ring (bicyclic) bond motifs is 1. The number of aromatic nitrogens is 3. The van der Waals surface area contributed by atoms with Crippen LogP contribution in [0.2, 0.25) is 5.02 Å². The summed E-state index contributed by atoms with van der Waals surface area (Å²) in [5, 5.41) is 2.73. The number of imidazole rings is 1. The van der Waals surface area contributed by atoms with E-state index in [2.05, 4.69) is 9.97 Å². The number of benzene rings is 1. The van der Waals surface area contributed by atoms with Crippen LogP contribution >= 0.6 is 34.5 Å². The number of hydrogen-bond acceptors (Lipinski definition) is 3. The third-order valence-corrected chi connectivity index (χ3v) is 4.57. The molecular formula is C14H12Cl2FN3S. The molecule has 3 nitrogen and oxygen atoms in total. The molecule has 3 rings (SSSR count). The predicted molar refractivity (Wildman–Crippen MR) is 84.9 cm³/mol. The van der Waals surface area contributed by atoms with Crippen molar-refractivity contribution in [3.05, 3.63) is 44.9 Å². The summed E-state index contributed by atoms with van der Waals surface area (Å²) in [7, 11) is 0. The van der Waals surface area contributed by atoms with Crippen LogP contribution in [0.3, 0.4) is 0 Å². The Balaban J connectivity index is 2.17. The van der Waals surface area contributed by atoms with E-state index in [1.54, 1.807) is 17.4 Å². The summed E-state index contributed by atoms with van der Waals surface area (Å²) in [6, 6.07) is 2.92. The number of aryl methyl sites for hydroxylation is 1. The summed E-state index contributed by atoms with van der Waals surface area (Å²) in [5.41, 5.74) is 2.29. The van der Waals surface area contributed by atoms with E-state index >= 15 is 0 Å². The zero-order valence-electron chi connectivity index (χ0n) is 11.4.